The van der Waals surface area contributed by atoms with Gasteiger partial charge in [-0.05, 0) is 37.3 Å². The van der Waals surface area contributed by atoms with Crippen molar-refractivity contribution in [2.75, 3.05) is 0 Å². The number of nitrogens with zero attached hydrogens (tertiary/aromatic N) is 6. The third kappa shape index (κ3) is 2.76. The smallest absolute Gasteiger partial charge is 0.178 e. The van der Waals surface area contributed by atoms with E-state index in [1.807, 2.05) is 44.6 Å². The van der Waals surface area contributed by atoms with Gasteiger partial charge in [0.2, 0.25) is 0 Å². The number of thiazole rings is 1. The van der Waals surface area contributed by atoms with Crippen molar-refractivity contribution in [2.45, 2.75) is 6.92 Å². The average Bonchev–Trinajstić information content (AvgIpc) is 3.32. The Labute approximate surface area is 165 Å². The summed E-state index contributed by atoms with van der Waals surface area (Å²) in [6, 6.07) is 9.87. The van der Waals surface area contributed by atoms with Crippen LogP contribution in [0.5, 0.6) is 0 Å². The van der Waals surface area contributed by atoms with Crippen molar-refractivity contribution in [1.29, 1.82) is 0 Å². The highest BCUT2D eigenvalue weighted by molar-refractivity contribution is 7.18. The summed E-state index contributed by atoms with van der Waals surface area (Å²) in [7, 11) is 2.03. The van der Waals surface area contributed by atoms with Crippen molar-refractivity contribution < 1.29 is 0 Å². The Morgan fingerprint density at radius 3 is 2.64 bits per heavy atom. The Balaban J connectivity index is 1.75. The summed E-state index contributed by atoms with van der Waals surface area (Å²) >= 11 is 1.63. The van der Waals surface area contributed by atoms with Crippen LogP contribution in [0.4, 0.5) is 0 Å². The van der Waals surface area contributed by atoms with Crippen LogP contribution in [0, 0.1) is 6.92 Å². The van der Waals surface area contributed by atoms with Crippen LogP contribution < -0.4 is 0 Å². The average molecular weight is 384 g/mol. The molecule has 0 saturated carbocycles. The largest absolute Gasteiger partial charge is 0.349 e. The molecule has 5 rings (SSSR count). The normalized spacial score (nSPS) is 11.2. The van der Waals surface area contributed by atoms with Crippen LogP contribution in [0.25, 0.3) is 43.6 Å². The van der Waals surface area contributed by atoms with Crippen molar-refractivity contribution in [1.82, 2.24) is 29.5 Å². The number of hydrogen-bond acceptors (Lipinski definition) is 6. The number of hydrogen-bond donors (Lipinski definition) is 0. The summed E-state index contributed by atoms with van der Waals surface area (Å²) in [5.74, 6) is 0.615. The van der Waals surface area contributed by atoms with E-state index in [0.29, 0.717) is 5.82 Å². The van der Waals surface area contributed by atoms with E-state index in [9.17, 15) is 0 Å². The number of fused-ring (bicyclic) bond motifs is 1. The van der Waals surface area contributed by atoms with Gasteiger partial charge in [0.05, 0.1) is 16.1 Å². The van der Waals surface area contributed by atoms with Gasteiger partial charge in [-0.3, -0.25) is 4.98 Å². The number of aryl methyl sites for hydroxylation is 2. The number of pyridine rings is 2. The summed E-state index contributed by atoms with van der Waals surface area (Å²) < 4.78 is 2.09. The minimum atomic E-state index is 0.615. The van der Waals surface area contributed by atoms with Gasteiger partial charge in [-0.2, -0.15) is 0 Å². The van der Waals surface area contributed by atoms with Crippen LogP contribution >= 0.6 is 11.3 Å². The molecule has 0 amide bonds. The zero-order valence-corrected chi connectivity index (χ0v) is 16.2. The Bertz CT molecular complexity index is 1270. The van der Waals surface area contributed by atoms with Crippen LogP contribution in [-0.2, 0) is 7.05 Å². The molecule has 6 nitrogen and oxygen atoms in total. The van der Waals surface area contributed by atoms with Gasteiger partial charge in [0.15, 0.2) is 5.82 Å². The van der Waals surface area contributed by atoms with Gasteiger partial charge >= 0.3 is 0 Å². The first-order valence-electron chi connectivity index (χ1n) is 8.82. The second-order valence-electron chi connectivity index (χ2n) is 6.47. The van der Waals surface area contributed by atoms with Crippen LogP contribution in [0.3, 0.4) is 0 Å². The van der Waals surface area contributed by atoms with Crippen molar-refractivity contribution in [3.8, 4) is 32.7 Å². The summed E-state index contributed by atoms with van der Waals surface area (Å²) in [6.07, 6.45) is 9.11. The molecule has 0 saturated heterocycles. The molecule has 5 aromatic rings. The Morgan fingerprint density at radius 2 is 1.86 bits per heavy atom. The first-order chi connectivity index (χ1) is 13.7. The lowest BCUT2D eigenvalue weighted by Crippen LogP contribution is -1.96. The van der Waals surface area contributed by atoms with Crippen molar-refractivity contribution in [3.05, 3.63) is 67.0 Å². The maximum absolute atomic E-state index is 4.95. The monoisotopic (exact) mass is 384 g/mol. The SMILES string of the molecule is Cc1nc(-c2cccnc2)sc1-c1nc(-c2ncccn2)cc2ccn(C)c12. The van der Waals surface area contributed by atoms with Crippen molar-refractivity contribution >= 4 is 22.2 Å². The third-order valence-electron chi connectivity index (χ3n) is 4.57. The molecule has 0 aliphatic heterocycles. The first kappa shape index (κ1) is 16.7. The lowest BCUT2D eigenvalue weighted by molar-refractivity contribution is 0.966. The Kier molecular flexibility index (Phi) is 3.95. The molecule has 28 heavy (non-hydrogen) atoms. The molecular formula is C21H16N6S. The van der Waals surface area contributed by atoms with Gasteiger partial charge in [-0.1, -0.05) is 0 Å². The molecule has 0 aliphatic rings. The predicted octanol–water partition coefficient (Wildman–Crippen LogP) is 4.52. The summed E-state index contributed by atoms with van der Waals surface area (Å²) in [5, 5.41) is 2.04. The van der Waals surface area contributed by atoms with Gasteiger partial charge in [0, 0.05) is 49.0 Å². The van der Waals surface area contributed by atoms with Crippen LogP contribution in [0.15, 0.2) is 61.3 Å². The highest BCUT2D eigenvalue weighted by Gasteiger charge is 2.19. The minimum absolute atomic E-state index is 0.615. The topological polar surface area (TPSA) is 69.4 Å². The fourth-order valence-electron chi connectivity index (χ4n) is 3.26. The Hall–Kier alpha value is -3.45. The summed E-state index contributed by atoms with van der Waals surface area (Å²) in [5.41, 5.74) is 4.68. The fourth-order valence-corrected chi connectivity index (χ4v) is 4.30. The summed E-state index contributed by atoms with van der Waals surface area (Å²) in [4.78, 5) is 23.7. The van der Waals surface area contributed by atoms with E-state index in [0.717, 1.165) is 43.4 Å². The van der Waals surface area contributed by atoms with Crippen LogP contribution in [0.2, 0.25) is 0 Å². The highest BCUT2D eigenvalue weighted by atomic mass is 32.1. The molecule has 0 spiro atoms. The van der Waals surface area contributed by atoms with E-state index >= 15 is 0 Å². The van der Waals surface area contributed by atoms with Crippen molar-refractivity contribution in [3.63, 3.8) is 0 Å². The van der Waals surface area contributed by atoms with E-state index in [1.54, 1.807) is 36.0 Å². The second-order valence-corrected chi connectivity index (χ2v) is 7.47. The molecule has 0 atom stereocenters. The van der Waals surface area contributed by atoms with Crippen LogP contribution in [-0.4, -0.2) is 29.5 Å². The standard InChI is InChI=1S/C21H16N6S/c1-13-19(28-21(25-13)15-5-3-7-22-12-15)17-18-14(6-10-27(18)2)11-16(26-17)20-23-8-4-9-24-20/h3-12H,1-2H3. The fraction of sp³-hybridized carbons (Fsp3) is 0.0952. The predicted molar refractivity (Wildman–Crippen MR) is 111 cm³/mol. The van der Waals surface area contributed by atoms with Gasteiger partial charge in [0.1, 0.15) is 16.4 Å². The number of aromatic nitrogens is 6. The molecule has 0 fully saturated rings. The lowest BCUT2D eigenvalue weighted by atomic mass is 10.1. The molecule has 5 heterocycles. The molecule has 5 aromatic heterocycles. The van der Waals surface area contributed by atoms with Gasteiger partial charge in [-0.25, -0.2) is 19.9 Å². The summed E-state index contributed by atoms with van der Waals surface area (Å²) in [6.45, 7) is 2.02. The van der Waals surface area contributed by atoms with Gasteiger partial charge in [-0.15, -0.1) is 11.3 Å². The second kappa shape index (κ2) is 6.61. The molecule has 136 valence electrons. The zero-order valence-electron chi connectivity index (χ0n) is 15.4. The zero-order chi connectivity index (χ0) is 19.1. The maximum atomic E-state index is 4.95. The molecule has 0 unspecified atom stereocenters. The molecule has 0 N–H and O–H groups in total. The quantitative estimate of drug-likeness (QED) is 0.457. The minimum Gasteiger partial charge on any atom is -0.349 e. The van der Waals surface area contributed by atoms with E-state index < -0.39 is 0 Å². The molecule has 7 heteroatoms. The highest BCUT2D eigenvalue weighted by Crippen LogP contribution is 2.38. The molecule has 0 aromatic carbocycles. The van der Waals surface area contributed by atoms with E-state index in [4.69, 9.17) is 9.97 Å². The molecule has 0 bridgehead atoms. The van der Waals surface area contributed by atoms with Crippen molar-refractivity contribution in [2.24, 2.45) is 7.05 Å². The van der Waals surface area contributed by atoms with Gasteiger partial charge < -0.3 is 4.57 Å². The Morgan fingerprint density at radius 1 is 1.00 bits per heavy atom. The molecule has 0 radical (unpaired) electrons. The van der Waals surface area contributed by atoms with E-state index in [-0.39, 0.29) is 0 Å². The number of rotatable bonds is 3. The molecular weight excluding hydrogens is 368 g/mol. The lowest BCUT2D eigenvalue weighted by Gasteiger charge is -2.07. The van der Waals surface area contributed by atoms with Gasteiger partial charge in [0.25, 0.3) is 0 Å². The maximum Gasteiger partial charge on any atom is 0.178 e. The van der Waals surface area contributed by atoms with E-state index in [1.165, 1.54) is 0 Å². The van der Waals surface area contributed by atoms with Crippen LogP contribution in [0.1, 0.15) is 5.69 Å². The third-order valence-corrected chi connectivity index (χ3v) is 5.78. The molecule has 0 aliphatic carbocycles. The van der Waals surface area contributed by atoms with E-state index in [2.05, 4.69) is 25.6 Å². The first-order valence-corrected chi connectivity index (χ1v) is 9.64.